The molecule has 0 spiro atoms. The topological polar surface area (TPSA) is 58.6 Å². The molecular formula is C14H16F3NO3. The Balaban J connectivity index is 2.11. The Hall–Kier alpha value is -1.76. The zero-order chi connectivity index (χ0) is 15.5. The van der Waals surface area contributed by atoms with Crippen molar-refractivity contribution in [3.05, 3.63) is 29.3 Å². The van der Waals surface area contributed by atoms with Crippen molar-refractivity contribution < 1.29 is 27.8 Å². The Morgan fingerprint density at radius 2 is 2.14 bits per heavy atom. The highest BCUT2D eigenvalue weighted by Gasteiger charge is 2.35. The summed E-state index contributed by atoms with van der Waals surface area (Å²) in [6.07, 6.45) is -1.81. The predicted octanol–water partition coefficient (Wildman–Crippen LogP) is 3.38. The van der Waals surface area contributed by atoms with Gasteiger partial charge in [-0.2, -0.15) is 13.2 Å². The molecule has 1 aromatic carbocycles. The second kappa shape index (κ2) is 6.34. The van der Waals surface area contributed by atoms with Gasteiger partial charge in [-0.25, -0.2) is 4.79 Å². The van der Waals surface area contributed by atoms with E-state index in [1.54, 1.807) is 0 Å². The lowest BCUT2D eigenvalue weighted by atomic mass is 10.1. The first-order valence-electron chi connectivity index (χ1n) is 6.68. The quantitative estimate of drug-likeness (QED) is 0.895. The normalized spacial score (nSPS) is 19.3. The third-order valence-corrected chi connectivity index (χ3v) is 3.36. The predicted molar refractivity (Wildman–Crippen MR) is 70.5 cm³/mol. The Kier molecular flexibility index (Phi) is 4.72. The number of carboxylic acids is 1. The highest BCUT2D eigenvalue weighted by Crippen LogP contribution is 2.34. The first-order chi connectivity index (χ1) is 9.88. The summed E-state index contributed by atoms with van der Waals surface area (Å²) in [6, 6.07) is 3.13. The number of carboxylic acid groups (broad SMARTS) is 1. The van der Waals surface area contributed by atoms with Crippen LogP contribution < -0.4 is 5.32 Å². The maximum Gasteiger partial charge on any atom is 0.417 e. The van der Waals surface area contributed by atoms with Gasteiger partial charge in [0.2, 0.25) is 0 Å². The number of alkyl halides is 3. The van der Waals surface area contributed by atoms with Crippen LogP contribution in [0, 0.1) is 0 Å². The van der Waals surface area contributed by atoms with Gasteiger partial charge in [0.1, 0.15) is 0 Å². The van der Waals surface area contributed by atoms with Crippen LogP contribution in [0.25, 0.3) is 0 Å². The van der Waals surface area contributed by atoms with Crippen LogP contribution in [0.4, 0.5) is 18.9 Å². The summed E-state index contributed by atoms with van der Waals surface area (Å²) in [5.41, 5.74) is -1.66. The third kappa shape index (κ3) is 4.10. The molecule has 0 bridgehead atoms. The van der Waals surface area contributed by atoms with Gasteiger partial charge < -0.3 is 15.2 Å². The van der Waals surface area contributed by atoms with E-state index in [2.05, 4.69) is 5.32 Å². The van der Waals surface area contributed by atoms with Crippen molar-refractivity contribution in [1.29, 1.82) is 0 Å². The van der Waals surface area contributed by atoms with E-state index in [4.69, 9.17) is 9.84 Å². The van der Waals surface area contributed by atoms with E-state index in [1.807, 2.05) is 0 Å². The van der Waals surface area contributed by atoms with Crippen molar-refractivity contribution in [2.45, 2.75) is 31.5 Å². The van der Waals surface area contributed by atoms with Crippen LogP contribution in [0.2, 0.25) is 0 Å². The summed E-state index contributed by atoms with van der Waals surface area (Å²) in [5.74, 6) is -1.59. The highest BCUT2D eigenvalue weighted by atomic mass is 19.4. The fourth-order valence-corrected chi connectivity index (χ4v) is 2.28. The van der Waals surface area contributed by atoms with Crippen LogP contribution in [-0.4, -0.2) is 30.3 Å². The number of ether oxygens (including phenoxy) is 1. The van der Waals surface area contributed by atoms with Crippen LogP contribution in [0.5, 0.6) is 0 Å². The molecule has 0 saturated carbocycles. The van der Waals surface area contributed by atoms with E-state index in [0.717, 1.165) is 31.4 Å². The van der Waals surface area contributed by atoms with Gasteiger partial charge in [0.05, 0.1) is 17.2 Å². The fraction of sp³-hybridized carbons (Fsp3) is 0.500. The first kappa shape index (κ1) is 15.6. The van der Waals surface area contributed by atoms with Crippen molar-refractivity contribution in [3.63, 3.8) is 0 Å². The number of carbonyl (C=O) groups is 1. The van der Waals surface area contributed by atoms with Crippen molar-refractivity contribution in [2.24, 2.45) is 0 Å². The van der Waals surface area contributed by atoms with Crippen LogP contribution in [0.15, 0.2) is 18.2 Å². The molecule has 1 unspecified atom stereocenters. The molecular weight excluding hydrogens is 287 g/mol. The molecule has 1 aliphatic heterocycles. The van der Waals surface area contributed by atoms with Gasteiger partial charge in [-0.1, -0.05) is 0 Å². The van der Waals surface area contributed by atoms with Crippen molar-refractivity contribution in [1.82, 2.24) is 0 Å². The van der Waals surface area contributed by atoms with Gasteiger partial charge >= 0.3 is 12.1 Å². The maximum atomic E-state index is 12.9. The van der Waals surface area contributed by atoms with Gasteiger partial charge in [0.25, 0.3) is 0 Å². The first-order valence-corrected chi connectivity index (χ1v) is 6.68. The largest absolute Gasteiger partial charge is 0.478 e. The molecule has 2 N–H and O–H groups in total. The molecule has 1 aliphatic rings. The van der Waals surface area contributed by atoms with Gasteiger partial charge in [0.15, 0.2) is 0 Å². The van der Waals surface area contributed by atoms with E-state index >= 15 is 0 Å². The number of benzene rings is 1. The van der Waals surface area contributed by atoms with E-state index in [-0.39, 0.29) is 11.8 Å². The number of hydrogen-bond acceptors (Lipinski definition) is 3. The van der Waals surface area contributed by atoms with Crippen LogP contribution in [-0.2, 0) is 10.9 Å². The summed E-state index contributed by atoms with van der Waals surface area (Å²) in [7, 11) is 0. The van der Waals surface area contributed by atoms with E-state index in [0.29, 0.717) is 13.2 Å². The summed E-state index contributed by atoms with van der Waals surface area (Å²) >= 11 is 0. The molecule has 0 radical (unpaired) electrons. The smallest absolute Gasteiger partial charge is 0.417 e. The van der Waals surface area contributed by atoms with E-state index in [9.17, 15) is 18.0 Å². The number of nitrogens with one attached hydrogen (secondary N) is 1. The van der Waals surface area contributed by atoms with Gasteiger partial charge in [-0.3, -0.25) is 0 Å². The Bertz CT molecular complexity index is 511. The van der Waals surface area contributed by atoms with E-state index < -0.39 is 23.3 Å². The van der Waals surface area contributed by atoms with Gasteiger partial charge in [0, 0.05) is 18.8 Å². The van der Waals surface area contributed by atoms with Crippen molar-refractivity contribution in [2.75, 3.05) is 18.5 Å². The minimum Gasteiger partial charge on any atom is -0.478 e. The maximum absolute atomic E-state index is 12.9. The molecule has 116 valence electrons. The minimum atomic E-state index is -4.70. The molecule has 0 amide bonds. The SMILES string of the molecule is O=C(O)c1ccc(NCC2CCCCO2)cc1C(F)(F)F. The molecule has 21 heavy (non-hydrogen) atoms. The Morgan fingerprint density at radius 1 is 1.38 bits per heavy atom. The number of hydrogen-bond donors (Lipinski definition) is 2. The minimum absolute atomic E-state index is 0.0211. The average molecular weight is 303 g/mol. The number of rotatable bonds is 4. The summed E-state index contributed by atoms with van der Waals surface area (Å²) < 4.78 is 44.1. The molecule has 1 atom stereocenters. The lowest BCUT2D eigenvalue weighted by Gasteiger charge is -2.23. The zero-order valence-corrected chi connectivity index (χ0v) is 11.2. The fourth-order valence-electron chi connectivity index (χ4n) is 2.28. The molecule has 1 aromatic rings. The standard InChI is InChI=1S/C14H16F3NO3/c15-14(16,17)12-7-9(4-5-11(12)13(19)20)18-8-10-3-1-2-6-21-10/h4-5,7,10,18H,1-3,6,8H2,(H,19,20). The van der Waals surface area contributed by atoms with Crippen molar-refractivity contribution >= 4 is 11.7 Å². The molecule has 1 saturated heterocycles. The molecule has 7 heteroatoms. The van der Waals surface area contributed by atoms with Gasteiger partial charge in [-0.15, -0.1) is 0 Å². The number of anilines is 1. The third-order valence-electron chi connectivity index (χ3n) is 3.36. The zero-order valence-electron chi connectivity index (χ0n) is 11.2. The summed E-state index contributed by atoms with van der Waals surface area (Å²) in [6.45, 7) is 1.07. The van der Waals surface area contributed by atoms with Gasteiger partial charge in [-0.05, 0) is 37.5 Å². The second-order valence-corrected chi connectivity index (χ2v) is 4.93. The van der Waals surface area contributed by atoms with E-state index in [1.165, 1.54) is 6.07 Å². The van der Waals surface area contributed by atoms with Crippen LogP contribution >= 0.6 is 0 Å². The molecule has 1 heterocycles. The summed E-state index contributed by atoms with van der Waals surface area (Å²) in [5, 5.41) is 11.7. The number of halogens is 3. The second-order valence-electron chi connectivity index (χ2n) is 4.93. The lowest BCUT2D eigenvalue weighted by molar-refractivity contribution is -0.138. The monoisotopic (exact) mass is 303 g/mol. The molecule has 0 aromatic heterocycles. The number of aromatic carboxylic acids is 1. The van der Waals surface area contributed by atoms with Crippen molar-refractivity contribution in [3.8, 4) is 0 Å². The van der Waals surface area contributed by atoms with Crippen LogP contribution in [0.1, 0.15) is 35.2 Å². The molecule has 0 aliphatic carbocycles. The highest BCUT2D eigenvalue weighted by molar-refractivity contribution is 5.90. The molecule has 2 rings (SSSR count). The molecule has 1 fully saturated rings. The molecule has 4 nitrogen and oxygen atoms in total. The Labute approximate surface area is 119 Å². The Morgan fingerprint density at radius 3 is 2.71 bits per heavy atom. The van der Waals surface area contributed by atoms with Crippen LogP contribution in [0.3, 0.4) is 0 Å². The average Bonchev–Trinajstić information content (AvgIpc) is 2.45. The summed E-state index contributed by atoms with van der Waals surface area (Å²) in [4.78, 5) is 10.8. The lowest BCUT2D eigenvalue weighted by Crippen LogP contribution is -2.27.